The van der Waals surface area contributed by atoms with E-state index in [0.29, 0.717) is 11.3 Å². The molecule has 0 spiro atoms. The lowest BCUT2D eigenvalue weighted by Gasteiger charge is -2.20. The van der Waals surface area contributed by atoms with Crippen molar-refractivity contribution in [3.05, 3.63) is 52.9 Å². The van der Waals surface area contributed by atoms with Gasteiger partial charge in [-0.25, -0.2) is 0 Å². The first-order chi connectivity index (χ1) is 10.0. The molecule has 0 fully saturated rings. The molecule has 1 aromatic heterocycles. The van der Waals surface area contributed by atoms with Gasteiger partial charge in [0.1, 0.15) is 5.75 Å². The van der Waals surface area contributed by atoms with Crippen LogP contribution in [-0.2, 0) is 0 Å². The number of carbonyl (C=O) groups is 1. The van der Waals surface area contributed by atoms with Crippen molar-refractivity contribution in [2.75, 3.05) is 7.11 Å². The summed E-state index contributed by atoms with van der Waals surface area (Å²) in [7, 11) is 1.57. The quantitative estimate of drug-likeness (QED) is 0.891. The van der Waals surface area contributed by atoms with Crippen LogP contribution in [0.5, 0.6) is 5.75 Å². The smallest absolute Gasteiger partial charge is 0.287 e. The second-order valence-electron chi connectivity index (χ2n) is 4.58. The third-order valence-corrected chi connectivity index (χ3v) is 3.29. The number of nitrogens with one attached hydrogen (secondary N) is 1. The molecule has 21 heavy (non-hydrogen) atoms. The highest BCUT2D eigenvalue weighted by molar-refractivity contribution is 6.29. The Kier molecular flexibility index (Phi) is 4.88. The molecule has 1 aromatic carbocycles. The zero-order chi connectivity index (χ0) is 15.4. The molecule has 0 aliphatic carbocycles. The zero-order valence-electron chi connectivity index (χ0n) is 11.7. The third kappa shape index (κ3) is 3.77. The SMILES string of the molecule is COc1ccc(C(O)C(C)NC(=O)c2ccc(Cl)o2)cc1. The molecule has 0 radical (unpaired) electrons. The van der Waals surface area contributed by atoms with Gasteiger partial charge < -0.3 is 19.6 Å². The van der Waals surface area contributed by atoms with Gasteiger partial charge in [0, 0.05) is 0 Å². The Labute approximate surface area is 127 Å². The Morgan fingerprint density at radius 1 is 1.29 bits per heavy atom. The van der Waals surface area contributed by atoms with Crippen LogP contribution in [0.2, 0.25) is 5.22 Å². The van der Waals surface area contributed by atoms with Crippen molar-refractivity contribution in [2.24, 2.45) is 0 Å². The van der Waals surface area contributed by atoms with Crippen LogP contribution in [0.3, 0.4) is 0 Å². The van der Waals surface area contributed by atoms with E-state index in [0.717, 1.165) is 0 Å². The van der Waals surface area contributed by atoms with Crippen LogP contribution < -0.4 is 10.1 Å². The van der Waals surface area contributed by atoms with E-state index in [1.54, 1.807) is 38.3 Å². The van der Waals surface area contributed by atoms with Crippen LogP contribution in [0.4, 0.5) is 0 Å². The standard InChI is InChI=1S/C15H16ClNO4/c1-9(17-15(19)12-7-8-13(16)21-12)14(18)10-3-5-11(20-2)6-4-10/h3-9,14,18H,1-2H3,(H,17,19). The van der Waals surface area contributed by atoms with Crippen molar-refractivity contribution in [3.8, 4) is 5.75 Å². The van der Waals surface area contributed by atoms with Crippen LogP contribution in [0.15, 0.2) is 40.8 Å². The van der Waals surface area contributed by atoms with Gasteiger partial charge in [-0.3, -0.25) is 4.79 Å². The second kappa shape index (κ2) is 6.65. The molecule has 2 atom stereocenters. The Bertz CT molecular complexity index is 608. The van der Waals surface area contributed by atoms with E-state index in [2.05, 4.69) is 5.32 Å². The van der Waals surface area contributed by atoms with Crippen molar-refractivity contribution in [3.63, 3.8) is 0 Å². The summed E-state index contributed by atoms with van der Waals surface area (Å²) >= 11 is 5.62. The number of methoxy groups -OCH3 is 1. The predicted octanol–water partition coefficient (Wildman–Crippen LogP) is 2.79. The maximum absolute atomic E-state index is 11.9. The number of amides is 1. The first kappa shape index (κ1) is 15.4. The highest BCUT2D eigenvalue weighted by atomic mass is 35.5. The van der Waals surface area contributed by atoms with Crippen LogP contribution in [0.25, 0.3) is 0 Å². The van der Waals surface area contributed by atoms with E-state index < -0.39 is 18.1 Å². The van der Waals surface area contributed by atoms with Gasteiger partial charge in [-0.05, 0) is 48.4 Å². The molecular formula is C15H16ClNO4. The molecule has 0 aliphatic rings. The first-order valence-electron chi connectivity index (χ1n) is 6.39. The molecule has 5 nitrogen and oxygen atoms in total. The molecule has 2 rings (SSSR count). The first-order valence-corrected chi connectivity index (χ1v) is 6.77. The Morgan fingerprint density at radius 3 is 2.48 bits per heavy atom. The lowest BCUT2D eigenvalue weighted by molar-refractivity contribution is 0.0826. The van der Waals surface area contributed by atoms with Gasteiger partial charge in [0.05, 0.1) is 19.3 Å². The van der Waals surface area contributed by atoms with E-state index in [4.69, 9.17) is 20.8 Å². The van der Waals surface area contributed by atoms with Crippen LogP contribution >= 0.6 is 11.6 Å². The van der Waals surface area contributed by atoms with Crippen molar-refractivity contribution < 1.29 is 19.1 Å². The van der Waals surface area contributed by atoms with Crippen molar-refractivity contribution in [1.29, 1.82) is 0 Å². The minimum absolute atomic E-state index is 0.105. The van der Waals surface area contributed by atoms with E-state index in [1.165, 1.54) is 12.1 Å². The highest BCUT2D eigenvalue weighted by Gasteiger charge is 2.20. The average molecular weight is 310 g/mol. The number of aliphatic hydroxyl groups is 1. The molecule has 2 unspecified atom stereocenters. The fraction of sp³-hybridized carbons (Fsp3) is 0.267. The monoisotopic (exact) mass is 309 g/mol. The van der Waals surface area contributed by atoms with E-state index >= 15 is 0 Å². The number of benzene rings is 1. The molecule has 2 N–H and O–H groups in total. The van der Waals surface area contributed by atoms with Crippen LogP contribution in [-0.4, -0.2) is 24.2 Å². The summed E-state index contributed by atoms with van der Waals surface area (Å²) < 4.78 is 10.1. The predicted molar refractivity (Wildman–Crippen MR) is 78.6 cm³/mol. The van der Waals surface area contributed by atoms with Gasteiger partial charge in [0.2, 0.25) is 0 Å². The molecule has 0 bridgehead atoms. The lowest BCUT2D eigenvalue weighted by atomic mass is 10.0. The molecule has 0 aliphatic heterocycles. The number of hydrogen-bond acceptors (Lipinski definition) is 4. The molecule has 0 saturated heterocycles. The number of furan rings is 1. The number of rotatable bonds is 5. The number of aliphatic hydroxyl groups excluding tert-OH is 1. The van der Waals surface area contributed by atoms with Gasteiger partial charge in [-0.2, -0.15) is 0 Å². The fourth-order valence-electron chi connectivity index (χ4n) is 1.88. The average Bonchev–Trinajstić information content (AvgIpc) is 2.93. The van der Waals surface area contributed by atoms with E-state index in [1.807, 2.05) is 0 Å². The van der Waals surface area contributed by atoms with Gasteiger partial charge in [-0.1, -0.05) is 12.1 Å². The number of carbonyl (C=O) groups excluding carboxylic acids is 1. The number of hydrogen-bond donors (Lipinski definition) is 2. The maximum atomic E-state index is 11.9. The molecule has 1 heterocycles. The fourth-order valence-corrected chi connectivity index (χ4v) is 2.03. The van der Waals surface area contributed by atoms with Gasteiger partial charge in [0.25, 0.3) is 5.91 Å². The molecule has 112 valence electrons. The van der Waals surface area contributed by atoms with Crippen LogP contribution in [0, 0.1) is 0 Å². The molecular weight excluding hydrogens is 294 g/mol. The Morgan fingerprint density at radius 2 is 1.95 bits per heavy atom. The molecule has 2 aromatic rings. The lowest BCUT2D eigenvalue weighted by Crippen LogP contribution is -2.36. The number of ether oxygens (including phenoxy) is 1. The third-order valence-electron chi connectivity index (χ3n) is 3.09. The van der Waals surface area contributed by atoms with Crippen molar-refractivity contribution in [1.82, 2.24) is 5.32 Å². The van der Waals surface area contributed by atoms with Gasteiger partial charge in [-0.15, -0.1) is 0 Å². The molecule has 1 amide bonds. The molecule has 0 saturated carbocycles. The summed E-state index contributed by atoms with van der Waals surface area (Å²) in [4.78, 5) is 11.9. The summed E-state index contributed by atoms with van der Waals surface area (Å²) in [6, 6.07) is 9.46. The summed E-state index contributed by atoms with van der Waals surface area (Å²) in [5.74, 6) is 0.378. The largest absolute Gasteiger partial charge is 0.497 e. The Balaban J connectivity index is 2.01. The highest BCUT2D eigenvalue weighted by Crippen LogP contribution is 2.21. The summed E-state index contributed by atoms with van der Waals surface area (Å²) in [5, 5.41) is 13.0. The topological polar surface area (TPSA) is 71.7 Å². The minimum atomic E-state index is -0.842. The van der Waals surface area contributed by atoms with E-state index in [-0.39, 0.29) is 11.0 Å². The minimum Gasteiger partial charge on any atom is -0.497 e. The second-order valence-corrected chi connectivity index (χ2v) is 4.96. The van der Waals surface area contributed by atoms with Gasteiger partial charge in [0.15, 0.2) is 11.0 Å². The summed E-state index contributed by atoms with van der Waals surface area (Å²) in [6.07, 6.45) is -0.842. The molecule has 6 heteroatoms. The van der Waals surface area contributed by atoms with Crippen molar-refractivity contribution >= 4 is 17.5 Å². The van der Waals surface area contributed by atoms with Crippen LogP contribution in [0.1, 0.15) is 29.1 Å². The van der Waals surface area contributed by atoms with Crippen molar-refractivity contribution in [2.45, 2.75) is 19.1 Å². The normalized spacial score (nSPS) is 13.5. The Hall–Kier alpha value is -1.98. The maximum Gasteiger partial charge on any atom is 0.287 e. The zero-order valence-corrected chi connectivity index (χ0v) is 12.4. The number of halogens is 1. The van der Waals surface area contributed by atoms with Gasteiger partial charge >= 0.3 is 0 Å². The summed E-state index contributed by atoms with van der Waals surface area (Å²) in [5.41, 5.74) is 0.682. The summed E-state index contributed by atoms with van der Waals surface area (Å²) in [6.45, 7) is 1.71. The van der Waals surface area contributed by atoms with E-state index in [9.17, 15) is 9.90 Å².